The van der Waals surface area contributed by atoms with E-state index >= 15 is 0 Å². The molecule has 1 atom stereocenters. The Bertz CT molecular complexity index is 425. The zero-order valence-electron chi connectivity index (χ0n) is 8.19. The van der Waals surface area contributed by atoms with Gasteiger partial charge in [-0.1, -0.05) is 6.92 Å². The lowest BCUT2D eigenvalue weighted by Gasteiger charge is -2.10. The molecule has 5 heteroatoms. The smallest absolute Gasteiger partial charge is 0.243 e. The molecule has 0 aliphatic rings. The summed E-state index contributed by atoms with van der Waals surface area (Å²) in [7, 11) is 0. The first-order valence-electron chi connectivity index (χ1n) is 4.62. The maximum atomic E-state index is 5.61. The van der Waals surface area contributed by atoms with Gasteiger partial charge in [0.2, 0.25) is 5.88 Å². The fourth-order valence-electron chi connectivity index (χ4n) is 1.11. The van der Waals surface area contributed by atoms with Gasteiger partial charge >= 0.3 is 0 Å². The highest BCUT2D eigenvalue weighted by molar-refractivity contribution is 5.74. The number of ether oxygens (including phenoxy) is 1. The van der Waals surface area contributed by atoms with Crippen LogP contribution in [0.25, 0.3) is 11.2 Å². The van der Waals surface area contributed by atoms with Crippen molar-refractivity contribution in [1.82, 2.24) is 19.9 Å². The number of imidazole rings is 1. The number of H-pyrrole nitrogens is 1. The summed E-state index contributed by atoms with van der Waals surface area (Å²) in [6.07, 6.45) is 4.14. The lowest BCUT2D eigenvalue weighted by molar-refractivity contribution is 0.211. The Morgan fingerprint density at radius 2 is 2.29 bits per heavy atom. The SMILES string of the molecule is CC[C@@H](C)Oc1ncnc2nc[nH]c12. The first-order valence-corrected chi connectivity index (χ1v) is 4.62. The normalized spacial score (nSPS) is 13.0. The summed E-state index contributed by atoms with van der Waals surface area (Å²) in [4.78, 5) is 15.0. The number of aromatic amines is 1. The van der Waals surface area contributed by atoms with Crippen molar-refractivity contribution in [1.29, 1.82) is 0 Å². The molecule has 0 aromatic carbocycles. The van der Waals surface area contributed by atoms with Crippen molar-refractivity contribution in [2.75, 3.05) is 0 Å². The highest BCUT2D eigenvalue weighted by Crippen LogP contribution is 2.18. The Morgan fingerprint density at radius 1 is 1.43 bits per heavy atom. The van der Waals surface area contributed by atoms with E-state index in [-0.39, 0.29) is 6.10 Å². The van der Waals surface area contributed by atoms with Gasteiger partial charge in [-0.3, -0.25) is 0 Å². The van der Waals surface area contributed by atoms with Crippen molar-refractivity contribution in [3.63, 3.8) is 0 Å². The molecule has 0 aliphatic heterocycles. The van der Waals surface area contributed by atoms with Crippen LogP contribution < -0.4 is 4.74 Å². The van der Waals surface area contributed by atoms with Gasteiger partial charge in [0.05, 0.1) is 12.4 Å². The first kappa shape index (κ1) is 8.93. The molecular weight excluding hydrogens is 180 g/mol. The molecule has 14 heavy (non-hydrogen) atoms. The molecule has 0 saturated carbocycles. The van der Waals surface area contributed by atoms with E-state index in [4.69, 9.17) is 4.74 Å². The number of hydrogen-bond acceptors (Lipinski definition) is 4. The molecule has 0 saturated heterocycles. The van der Waals surface area contributed by atoms with Crippen molar-refractivity contribution in [3.8, 4) is 5.88 Å². The van der Waals surface area contributed by atoms with Gasteiger partial charge in [-0.05, 0) is 13.3 Å². The fourth-order valence-corrected chi connectivity index (χ4v) is 1.11. The first-order chi connectivity index (χ1) is 6.81. The summed E-state index contributed by atoms with van der Waals surface area (Å²) >= 11 is 0. The van der Waals surface area contributed by atoms with Gasteiger partial charge in [0.15, 0.2) is 5.65 Å². The predicted molar refractivity (Wildman–Crippen MR) is 52.1 cm³/mol. The second-order valence-electron chi connectivity index (χ2n) is 3.12. The monoisotopic (exact) mass is 192 g/mol. The number of fused-ring (bicyclic) bond motifs is 1. The van der Waals surface area contributed by atoms with E-state index in [2.05, 4.69) is 26.9 Å². The second-order valence-corrected chi connectivity index (χ2v) is 3.12. The Kier molecular flexibility index (Phi) is 2.30. The molecule has 5 nitrogen and oxygen atoms in total. The van der Waals surface area contributed by atoms with E-state index < -0.39 is 0 Å². The molecule has 74 valence electrons. The van der Waals surface area contributed by atoms with Crippen LogP contribution in [0.2, 0.25) is 0 Å². The molecule has 0 radical (unpaired) electrons. The molecule has 0 unspecified atom stereocenters. The van der Waals surface area contributed by atoms with Crippen LogP contribution in [-0.4, -0.2) is 26.0 Å². The quantitative estimate of drug-likeness (QED) is 0.801. The zero-order chi connectivity index (χ0) is 9.97. The summed E-state index contributed by atoms with van der Waals surface area (Å²) in [5, 5.41) is 0. The van der Waals surface area contributed by atoms with E-state index in [1.54, 1.807) is 6.33 Å². The third kappa shape index (κ3) is 1.53. The summed E-state index contributed by atoms with van der Waals surface area (Å²) < 4.78 is 5.61. The average Bonchev–Trinajstić information content (AvgIpc) is 2.66. The second kappa shape index (κ2) is 3.61. The number of nitrogens with one attached hydrogen (secondary N) is 1. The number of hydrogen-bond donors (Lipinski definition) is 1. The van der Waals surface area contributed by atoms with Crippen LogP contribution >= 0.6 is 0 Å². The zero-order valence-corrected chi connectivity index (χ0v) is 8.19. The molecule has 2 rings (SSSR count). The Labute approximate surface area is 81.6 Å². The maximum Gasteiger partial charge on any atom is 0.243 e. The van der Waals surface area contributed by atoms with Crippen LogP contribution in [-0.2, 0) is 0 Å². The topological polar surface area (TPSA) is 63.7 Å². The van der Waals surface area contributed by atoms with E-state index in [0.29, 0.717) is 11.5 Å². The molecule has 1 N–H and O–H groups in total. The Hall–Kier alpha value is -1.65. The summed E-state index contributed by atoms with van der Waals surface area (Å²) in [5.41, 5.74) is 1.39. The van der Waals surface area contributed by atoms with Crippen LogP contribution in [0.3, 0.4) is 0 Å². The van der Waals surface area contributed by atoms with Crippen LogP contribution in [0, 0.1) is 0 Å². The van der Waals surface area contributed by atoms with Crippen LogP contribution in [0.5, 0.6) is 5.88 Å². The number of rotatable bonds is 3. The highest BCUT2D eigenvalue weighted by Gasteiger charge is 2.09. The standard InChI is InChI=1S/C9H12N4O/c1-3-6(2)14-9-7-8(11-4-10-7)12-5-13-9/h4-6H,3H2,1-2H3,(H,10,11,12,13)/t6-/m1/s1. The van der Waals surface area contributed by atoms with E-state index in [1.807, 2.05) is 6.92 Å². The summed E-state index contributed by atoms with van der Waals surface area (Å²) in [6, 6.07) is 0. The Morgan fingerprint density at radius 3 is 3.07 bits per heavy atom. The average molecular weight is 192 g/mol. The van der Waals surface area contributed by atoms with Gasteiger partial charge < -0.3 is 9.72 Å². The van der Waals surface area contributed by atoms with E-state index in [1.165, 1.54) is 6.33 Å². The highest BCUT2D eigenvalue weighted by atomic mass is 16.5. The lowest BCUT2D eigenvalue weighted by Crippen LogP contribution is -2.11. The molecular formula is C9H12N4O. The molecule has 2 heterocycles. The van der Waals surface area contributed by atoms with Gasteiger partial charge in [0.1, 0.15) is 11.8 Å². The van der Waals surface area contributed by atoms with Crippen molar-refractivity contribution in [3.05, 3.63) is 12.7 Å². The van der Waals surface area contributed by atoms with E-state index in [0.717, 1.165) is 11.9 Å². The van der Waals surface area contributed by atoms with Gasteiger partial charge in [-0.2, -0.15) is 4.98 Å². The molecule has 2 aromatic heterocycles. The largest absolute Gasteiger partial charge is 0.473 e. The minimum Gasteiger partial charge on any atom is -0.473 e. The van der Waals surface area contributed by atoms with Gasteiger partial charge in [-0.15, -0.1) is 0 Å². The minimum atomic E-state index is 0.149. The van der Waals surface area contributed by atoms with Crippen molar-refractivity contribution in [2.24, 2.45) is 0 Å². The van der Waals surface area contributed by atoms with E-state index in [9.17, 15) is 0 Å². The fraction of sp³-hybridized carbons (Fsp3) is 0.444. The van der Waals surface area contributed by atoms with Gasteiger partial charge in [-0.25, -0.2) is 9.97 Å². The maximum absolute atomic E-state index is 5.61. The molecule has 0 aliphatic carbocycles. The van der Waals surface area contributed by atoms with Crippen molar-refractivity contribution < 1.29 is 4.74 Å². The van der Waals surface area contributed by atoms with Gasteiger partial charge in [0.25, 0.3) is 0 Å². The van der Waals surface area contributed by atoms with Crippen LogP contribution in [0.1, 0.15) is 20.3 Å². The van der Waals surface area contributed by atoms with Crippen molar-refractivity contribution in [2.45, 2.75) is 26.4 Å². The van der Waals surface area contributed by atoms with Gasteiger partial charge in [0, 0.05) is 0 Å². The molecule has 0 bridgehead atoms. The lowest BCUT2D eigenvalue weighted by atomic mass is 10.3. The molecule has 2 aromatic rings. The molecule has 0 fully saturated rings. The van der Waals surface area contributed by atoms with Crippen LogP contribution in [0.4, 0.5) is 0 Å². The van der Waals surface area contributed by atoms with Crippen LogP contribution in [0.15, 0.2) is 12.7 Å². The molecule has 0 spiro atoms. The summed E-state index contributed by atoms with van der Waals surface area (Å²) in [5.74, 6) is 0.571. The number of aromatic nitrogens is 4. The number of nitrogens with zero attached hydrogens (tertiary/aromatic N) is 3. The third-order valence-electron chi connectivity index (χ3n) is 2.08. The van der Waals surface area contributed by atoms with Crippen molar-refractivity contribution >= 4 is 11.2 Å². The predicted octanol–water partition coefficient (Wildman–Crippen LogP) is 1.53. The molecule has 0 amide bonds. The Balaban J connectivity index is 2.36. The summed E-state index contributed by atoms with van der Waals surface area (Å²) in [6.45, 7) is 4.07. The minimum absolute atomic E-state index is 0.149. The third-order valence-corrected chi connectivity index (χ3v) is 2.08.